The van der Waals surface area contributed by atoms with Crippen LogP contribution >= 0.6 is 15.9 Å². The molecule has 1 atom stereocenters. The van der Waals surface area contributed by atoms with Gasteiger partial charge in [-0.05, 0) is 158 Å². The highest BCUT2D eigenvalue weighted by molar-refractivity contribution is 9.10. The first-order valence-corrected chi connectivity index (χ1v) is 32.5. The quantitative estimate of drug-likeness (QED) is 0.0374. The maximum absolute atomic E-state index is 12.0. The molecule has 6 amide bonds. The molecule has 0 aliphatic carbocycles. The zero-order valence-corrected chi connectivity index (χ0v) is 55.5. The highest BCUT2D eigenvalue weighted by atomic mass is 79.9. The smallest absolute Gasteiger partial charge is 0.300 e. The minimum Gasteiger partial charge on any atom is -0.397 e. The molecule has 1 aliphatic rings. The van der Waals surface area contributed by atoms with Crippen molar-refractivity contribution >= 4 is 200 Å². The summed E-state index contributed by atoms with van der Waals surface area (Å²) < 4.78 is 76.9. The third-order valence-corrected chi connectivity index (χ3v) is 14.4. The summed E-state index contributed by atoms with van der Waals surface area (Å²) in [5.74, 6) is -1.25. The van der Waals surface area contributed by atoms with E-state index in [1.807, 2.05) is 0 Å². The number of aromatic nitrogens is 12. The fourth-order valence-electron chi connectivity index (χ4n) is 8.70. The Morgan fingerprint density at radius 3 is 1.06 bits per heavy atom. The summed E-state index contributed by atoms with van der Waals surface area (Å²) in [4.78, 5) is 87.0. The number of sulfonamides is 2. The van der Waals surface area contributed by atoms with Crippen molar-refractivity contribution in [3.05, 3.63) is 97.5 Å². The molecule has 1 fully saturated rings. The zero-order chi connectivity index (χ0) is 72.8. The van der Waals surface area contributed by atoms with Crippen molar-refractivity contribution in [2.45, 2.75) is 53.5 Å². The number of carbonyl (C=O) groups excluding carboxylic acids is 6. The van der Waals surface area contributed by atoms with Crippen LogP contribution in [0.1, 0.15) is 47.5 Å². The Morgan fingerprint density at radius 1 is 0.430 bits per heavy atom. The number of nitrogen functional groups attached to an aromatic ring is 1. The molecule has 0 radical (unpaired) electrons. The lowest BCUT2D eigenvalue weighted by molar-refractivity contribution is -0.383. The van der Waals surface area contributed by atoms with Crippen molar-refractivity contribution in [1.82, 2.24) is 67.2 Å². The number of rotatable bonds is 13. The van der Waals surface area contributed by atoms with Crippen LogP contribution in [-0.4, -0.2) is 149 Å². The molecule has 6 aromatic carbocycles. The molecule has 44 nitrogen and oxygen atoms in total. The third-order valence-electron chi connectivity index (χ3n) is 12.6. The Hall–Kier alpha value is -12.9. The summed E-state index contributed by atoms with van der Waals surface area (Å²) in [7, 11) is -6.94. The Bertz CT molecular complexity index is 5200. The predicted octanol–water partition coefficient (Wildman–Crippen LogP) is 5.72. The Kier molecular flexibility index (Phi) is 23.1. The van der Waals surface area contributed by atoms with Gasteiger partial charge in [-0.2, -0.15) is 0 Å². The number of nitro benzene ring substituents is 2. The van der Waals surface area contributed by atoms with Crippen molar-refractivity contribution in [3.8, 4) is 0 Å². The van der Waals surface area contributed by atoms with Crippen LogP contribution in [0.15, 0.2) is 105 Å². The minimum atomic E-state index is -3.51. The zero-order valence-electron chi connectivity index (χ0n) is 52.3. The number of amides is 6. The first-order valence-electron chi connectivity index (χ1n) is 27.9. The standard InChI is InChI=1S/C11H11N5O4.C10H10N4O3.C9H10N4O4S.C8H6BrN3O2.C8H8N4O2.C7H6N4O5S/c17-11(7-2-1-5-12-7)13-6-3-4-8(16(18)19)10-9(6)14-20-15-10;1-5(15)11-7-3-4-8(12-6(2)16)10-9(7)13-17-14-10;1-5(14)10-6-3-4-7(13-18(2,15)16)9-8(6)11-17-12-9;2*1-4(13)10-6-3-2-5(9)7-8(6)12-14-11-7;1-17(14,15)10-4-2-3-5(11(12)13)7-6(4)8-16-9-7/h3-4,7,12H,1-2,5H2,(H,13,17);3-4H,1-2H3,(H,11,15)(H,12,16);3-4,13H,1-2H3,(H,10,14);2-3H,1H3,(H,10,13);2-3H,9H2,1H3,(H,10,13);2-3,10H,1H3. The van der Waals surface area contributed by atoms with Gasteiger partial charge in [-0.1, -0.05) is 0 Å². The number of non-ortho nitro benzene ring substituents is 2. The monoisotopic (exact) mass is 1490 g/mol. The topological polar surface area (TPSA) is 625 Å². The molecule has 522 valence electrons. The molecule has 0 spiro atoms. The van der Waals surface area contributed by atoms with Crippen LogP contribution in [0, 0.1) is 20.2 Å². The number of nitrogens with two attached hydrogens (primary N) is 1. The average molecular weight is 1490 g/mol. The first kappa shape index (κ1) is 72.9. The van der Waals surface area contributed by atoms with Crippen molar-refractivity contribution in [2.75, 3.05) is 66.1 Å². The Labute approximate surface area is 565 Å². The van der Waals surface area contributed by atoms with Gasteiger partial charge in [0.15, 0.2) is 55.2 Å². The molecule has 1 saturated heterocycles. The van der Waals surface area contributed by atoms with Gasteiger partial charge in [-0.25, -0.2) is 44.6 Å². The lowest BCUT2D eigenvalue weighted by atomic mass is 10.2. The number of anilines is 9. The highest BCUT2D eigenvalue weighted by Crippen LogP contribution is 2.33. The van der Waals surface area contributed by atoms with Gasteiger partial charge in [0.2, 0.25) is 66.5 Å². The van der Waals surface area contributed by atoms with Crippen molar-refractivity contribution in [2.24, 2.45) is 0 Å². The van der Waals surface area contributed by atoms with E-state index in [2.05, 4.69) is 152 Å². The van der Waals surface area contributed by atoms with E-state index < -0.39 is 29.9 Å². The maximum Gasteiger partial charge on any atom is 0.300 e. The molecular formula is C53H51BrN24O20S2. The maximum atomic E-state index is 12.0. The number of fused-ring (bicyclic) bond motifs is 6. The average Bonchev–Trinajstić information content (AvgIpc) is 1.59. The molecule has 47 heteroatoms. The van der Waals surface area contributed by atoms with Crippen molar-refractivity contribution in [3.63, 3.8) is 0 Å². The number of hydrogen-bond donors (Lipinski definition) is 10. The van der Waals surface area contributed by atoms with E-state index in [1.165, 1.54) is 65.0 Å². The second-order valence-electron chi connectivity index (χ2n) is 20.5. The lowest BCUT2D eigenvalue weighted by Crippen LogP contribution is -2.35. The normalized spacial score (nSPS) is 12.3. The van der Waals surface area contributed by atoms with Gasteiger partial charge < -0.3 is 43.0 Å². The van der Waals surface area contributed by atoms with Gasteiger partial charge in [0.25, 0.3) is 0 Å². The fourth-order valence-corrected chi connectivity index (χ4v) is 10.2. The van der Waals surface area contributed by atoms with E-state index >= 15 is 0 Å². The molecule has 7 heterocycles. The van der Waals surface area contributed by atoms with E-state index in [4.69, 9.17) is 5.73 Å². The van der Waals surface area contributed by atoms with Gasteiger partial charge >= 0.3 is 11.4 Å². The molecule has 100 heavy (non-hydrogen) atoms. The third kappa shape index (κ3) is 19.0. The number of benzene rings is 6. The van der Waals surface area contributed by atoms with E-state index in [0.717, 1.165) is 42.4 Å². The molecule has 1 unspecified atom stereocenters. The summed E-state index contributed by atoms with van der Waals surface area (Å²) in [6.07, 6.45) is 3.68. The molecular weight excluding hydrogens is 1440 g/mol. The summed E-state index contributed by atoms with van der Waals surface area (Å²) in [6, 6.07) is 17.8. The minimum absolute atomic E-state index is 0.00961. The number of carbonyl (C=O) groups is 6. The summed E-state index contributed by atoms with van der Waals surface area (Å²) in [5, 5.41) is 83.5. The van der Waals surface area contributed by atoms with Crippen LogP contribution in [-0.2, 0) is 48.8 Å². The summed E-state index contributed by atoms with van der Waals surface area (Å²) in [5.41, 5.74) is 12.2. The molecule has 6 aromatic heterocycles. The van der Waals surface area contributed by atoms with Gasteiger partial charge in [0, 0.05) is 51.2 Å². The van der Waals surface area contributed by atoms with E-state index in [1.54, 1.807) is 36.4 Å². The number of nitrogens with zero attached hydrogens (tertiary/aromatic N) is 14. The molecule has 13 rings (SSSR count). The molecule has 11 N–H and O–H groups in total. The van der Waals surface area contributed by atoms with Crippen LogP contribution in [0.4, 0.5) is 62.6 Å². The summed E-state index contributed by atoms with van der Waals surface area (Å²) >= 11 is 3.30. The van der Waals surface area contributed by atoms with E-state index in [9.17, 15) is 65.8 Å². The van der Waals surface area contributed by atoms with Gasteiger partial charge in [-0.15, -0.1) is 0 Å². The lowest BCUT2D eigenvalue weighted by Gasteiger charge is -2.10. The number of hydrogen-bond acceptors (Lipinski definition) is 34. The number of halogens is 1. The van der Waals surface area contributed by atoms with Crippen LogP contribution in [0.3, 0.4) is 0 Å². The fraction of sp³-hybridized carbons (Fsp3) is 0.208. The SMILES string of the molecule is CC(=O)Nc1ccc(Br)c2nonc12.CC(=O)Nc1ccc(N)c2nonc12.CC(=O)Nc1ccc(NC(C)=O)c2nonc12.CC(=O)Nc1ccc(NS(C)(=O)=O)c2nonc12.CS(=O)(=O)Nc1ccc([N+](=O)[O-])c2nonc12.O=C(Nc1ccc([N+](=O)[O-])c2nonc12)C1CCCN1. The van der Waals surface area contributed by atoms with E-state index in [0.29, 0.717) is 72.9 Å². The second-order valence-corrected chi connectivity index (χ2v) is 24.8. The summed E-state index contributed by atoms with van der Waals surface area (Å²) in [6.45, 7) is 7.78. The van der Waals surface area contributed by atoms with Crippen molar-refractivity contribution in [1.29, 1.82) is 0 Å². The van der Waals surface area contributed by atoms with Gasteiger partial charge in [-0.3, -0.25) is 58.4 Å². The largest absolute Gasteiger partial charge is 0.397 e. The van der Waals surface area contributed by atoms with Crippen LogP contribution in [0.2, 0.25) is 0 Å². The van der Waals surface area contributed by atoms with Crippen molar-refractivity contribution < 1.29 is 83.2 Å². The van der Waals surface area contributed by atoms with Crippen LogP contribution < -0.4 is 52.4 Å². The van der Waals surface area contributed by atoms with Gasteiger partial charge in [0.05, 0.1) is 79.6 Å². The predicted molar refractivity (Wildman–Crippen MR) is 354 cm³/mol. The van der Waals surface area contributed by atoms with E-state index in [-0.39, 0.29) is 97.3 Å². The van der Waals surface area contributed by atoms with Crippen LogP contribution in [0.5, 0.6) is 0 Å². The second kappa shape index (κ2) is 31.8. The molecule has 0 bridgehead atoms. The highest BCUT2D eigenvalue weighted by Gasteiger charge is 2.26. The Morgan fingerprint density at radius 2 is 0.700 bits per heavy atom. The molecule has 12 aromatic rings. The Balaban J connectivity index is 0.000000153. The van der Waals surface area contributed by atoms with Gasteiger partial charge in [0.1, 0.15) is 0 Å². The number of nitro groups is 2. The first-order chi connectivity index (χ1) is 47.4. The molecule has 0 saturated carbocycles. The molecule has 1 aliphatic heterocycles. The number of nitrogens with one attached hydrogen (secondary N) is 9. The van der Waals surface area contributed by atoms with Crippen LogP contribution in [0.25, 0.3) is 66.2 Å².